The molecule has 0 N–H and O–H groups in total. The second-order valence-electron chi connectivity index (χ2n) is 8.21. The predicted molar refractivity (Wildman–Crippen MR) is 100 cm³/mol. The number of carbonyl (C=O) groups excluding carboxylic acids is 1. The second kappa shape index (κ2) is 7.61. The van der Waals surface area contributed by atoms with E-state index in [0.29, 0.717) is 13.0 Å². The number of rotatable bonds is 3. The van der Waals surface area contributed by atoms with Crippen LogP contribution in [0.3, 0.4) is 0 Å². The number of alkyl halides is 3. The zero-order valence-corrected chi connectivity index (χ0v) is 16.5. The van der Waals surface area contributed by atoms with Gasteiger partial charge in [-0.15, -0.1) is 0 Å². The molecule has 3 heterocycles. The Kier molecular flexibility index (Phi) is 5.51. The molecular formula is C20H23F3N4O2. The third-order valence-electron chi connectivity index (χ3n) is 4.96. The maximum absolute atomic E-state index is 12.8. The SMILES string of the molecule is CC(C)(C)c1ccc(=O)n(CC2CCCN2C(=O)c2ccc(C(F)(F)F)nc2)n1. The molecule has 1 saturated heterocycles. The van der Waals surface area contributed by atoms with Crippen LogP contribution in [0.2, 0.25) is 0 Å². The van der Waals surface area contributed by atoms with E-state index in [1.807, 2.05) is 20.8 Å². The summed E-state index contributed by atoms with van der Waals surface area (Å²) in [5, 5.41) is 4.44. The van der Waals surface area contributed by atoms with Gasteiger partial charge in [-0.25, -0.2) is 4.68 Å². The van der Waals surface area contributed by atoms with E-state index in [1.54, 1.807) is 11.0 Å². The summed E-state index contributed by atoms with van der Waals surface area (Å²) in [6.45, 7) is 6.69. The molecule has 1 unspecified atom stereocenters. The van der Waals surface area contributed by atoms with Gasteiger partial charge >= 0.3 is 6.18 Å². The molecule has 0 saturated carbocycles. The lowest BCUT2D eigenvalue weighted by Gasteiger charge is -2.26. The maximum Gasteiger partial charge on any atom is 0.433 e. The van der Waals surface area contributed by atoms with Crippen molar-refractivity contribution in [1.29, 1.82) is 0 Å². The lowest BCUT2D eigenvalue weighted by molar-refractivity contribution is -0.141. The summed E-state index contributed by atoms with van der Waals surface area (Å²) < 4.78 is 39.4. The van der Waals surface area contributed by atoms with Crippen LogP contribution in [0.1, 0.15) is 55.4 Å². The molecule has 0 spiro atoms. The van der Waals surface area contributed by atoms with Crippen LogP contribution >= 0.6 is 0 Å². The predicted octanol–water partition coefficient (Wildman–Crippen LogP) is 3.26. The van der Waals surface area contributed by atoms with E-state index in [9.17, 15) is 22.8 Å². The summed E-state index contributed by atoms with van der Waals surface area (Å²) in [5.74, 6) is -0.395. The van der Waals surface area contributed by atoms with E-state index in [-0.39, 0.29) is 29.1 Å². The van der Waals surface area contributed by atoms with E-state index >= 15 is 0 Å². The molecule has 0 radical (unpaired) electrons. The van der Waals surface area contributed by atoms with E-state index in [0.717, 1.165) is 30.4 Å². The molecule has 0 aliphatic carbocycles. The average Bonchev–Trinajstić information content (AvgIpc) is 3.09. The molecule has 29 heavy (non-hydrogen) atoms. The first-order chi connectivity index (χ1) is 13.5. The summed E-state index contributed by atoms with van der Waals surface area (Å²) in [7, 11) is 0. The summed E-state index contributed by atoms with van der Waals surface area (Å²) in [4.78, 5) is 30.0. The van der Waals surface area contributed by atoms with Gasteiger partial charge in [0.1, 0.15) is 5.69 Å². The van der Waals surface area contributed by atoms with Crippen LogP contribution in [0.4, 0.5) is 13.2 Å². The first-order valence-corrected chi connectivity index (χ1v) is 9.40. The first-order valence-electron chi connectivity index (χ1n) is 9.40. The quantitative estimate of drug-likeness (QED) is 0.782. The van der Waals surface area contributed by atoms with Crippen molar-refractivity contribution in [3.63, 3.8) is 0 Å². The lowest BCUT2D eigenvalue weighted by atomic mass is 9.92. The highest BCUT2D eigenvalue weighted by molar-refractivity contribution is 5.94. The fourth-order valence-electron chi connectivity index (χ4n) is 3.33. The van der Waals surface area contributed by atoms with Gasteiger partial charge in [-0.3, -0.25) is 14.6 Å². The van der Waals surface area contributed by atoms with Crippen molar-refractivity contribution in [2.45, 2.75) is 57.8 Å². The fraction of sp³-hybridized carbons (Fsp3) is 0.500. The number of carbonyl (C=O) groups is 1. The van der Waals surface area contributed by atoms with E-state index in [2.05, 4.69) is 10.1 Å². The molecule has 1 amide bonds. The highest BCUT2D eigenvalue weighted by Gasteiger charge is 2.34. The molecule has 9 heteroatoms. The van der Waals surface area contributed by atoms with Crippen LogP contribution in [0.15, 0.2) is 35.3 Å². The Morgan fingerprint density at radius 1 is 1.14 bits per heavy atom. The minimum Gasteiger partial charge on any atom is -0.334 e. The zero-order chi connectivity index (χ0) is 21.4. The van der Waals surface area contributed by atoms with Crippen LogP contribution in [-0.2, 0) is 18.1 Å². The molecule has 156 valence electrons. The van der Waals surface area contributed by atoms with Gasteiger partial charge in [0.2, 0.25) is 0 Å². The van der Waals surface area contributed by atoms with Gasteiger partial charge in [0, 0.05) is 24.2 Å². The molecule has 6 nitrogen and oxygen atoms in total. The van der Waals surface area contributed by atoms with E-state index in [4.69, 9.17) is 0 Å². The van der Waals surface area contributed by atoms with Crippen molar-refractivity contribution in [1.82, 2.24) is 19.7 Å². The Morgan fingerprint density at radius 2 is 1.83 bits per heavy atom. The Balaban J connectivity index is 1.80. The Morgan fingerprint density at radius 3 is 2.41 bits per heavy atom. The largest absolute Gasteiger partial charge is 0.433 e. The van der Waals surface area contributed by atoms with Crippen molar-refractivity contribution >= 4 is 5.91 Å². The topological polar surface area (TPSA) is 68.1 Å². The summed E-state index contributed by atoms with van der Waals surface area (Å²) in [6, 6.07) is 4.85. The number of hydrogen-bond donors (Lipinski definition) is 0. The number of nitrogens with zero attached hydrogens (tertiary/aromatic N) is 4. The molecule has 0 bridgehead atoms. The summed E-state index contributed by atoms with van der Waals surface area (Å²) in [5.41, 5.74) is -0.671. The molecule has 0 aromatic carbocycles. The molecule has 3 rings (SSSR count). The van der Waals surface area contributed by atoms with Gasteiger partial charge in [-0.1, -0.05) is 20.8 Å². The number of amides is 1. The van der Waals surface area contributed by atoms with Gasteiger partial charge in [0.25, 0.3) is 11.5 Å². The summed E-state index contributed by atoms with van der Waals surface area (Å²) in [6.07, 6.45) is -2.17. The van der Waals surface area contributed by atoms with Crippen molar-refractivity contribution in [2.24, 2.45) is 0 Å². The first kappa shape index (κ1) is 21.0. The molecule has 1 atom stereocenters. The Labute approximate surface area is 166 Å². The number of aromatic nitrogens is 3. The minimum atomic E-state index is -4.55. The van der Waals surface area contributed by atoms with E-state index < -0.39 is 17.8 Å². The second-order valence-corrected chi connectivity index (χ2v) is 8.21. The van der Waals surface area contributed by atoms with Crippen molar-refractivity contribution < 1.29 is 18.0 Å². The standard InChI is InChI=1S/C20H23F3N4O2/c1-19(2,3)15-8-9-17(28)27(25-15)12-14-5-4-10-26(14)18(29)13-6-7-16(24-11-13)20(21,22)23/h6-9,11,14H,4-5,10,12H2,1-3H3. The summed E-state index contributed by atoms with van der Waals surface area (Å²) >= 11 is 0. The number of pyridine rings is 1. The van der Waals surface area contributed by atoms with Crippen molar-refractivity contribution in [2.75, 3.05) is 6.54 Å². The zero-order valence-electron chi connectivity index (χ0n) is 16.5. The third kappa shape index (κ3) is 4.65. The normalized spacial score (nSPS) is 17.6. The molecule has 1 aliphatic rings. The van der Waals surface area contributed by atoms with Crippen LogP contribution in [0.25, 0.3) is 0 Å². The Bertz CT molecular complexity index is 946. The number of halogens is 3. The fourth-order valence-corrected chi connectivity index (χ4v) is 3.33. The highest BCUT2D eigenvalue weighted by atomic mass is 19.4. The van der Waals surface area contributed by atoms with E-state index in [1.165, 1.54) is 10.7 Å². The maximum atomic E-state index is 12.8. The molecular weight excluding hydrogens is 385 g/mol. The smallest absolute Gasteiger partial charge is 0.334 e. The monoisotopic (exact) mass is 408 g/mol. The lowest BCUT2D eigenvalue weighted by Crippen LogP contribution is -2.41. The molecule has 1 aliphatic heterocycles. The van der Waals surface area contributed by atoms with Crippen molar-refractivity contribution in [3.8, 4) is 0 Å². The van der Waals surface area contributed by atoms with Crippen LogP contribution in [0.5, 0.6) is 0 Å². The molecule has 1 fully saturated rings. The Hall–Kier alpha value is -2.71. The van der Waals surface area contributed by atoms with Crippen LogP contribution < -0.4 is 5.56 Å². The number of hydrogen-bond acceptors (Lipinski definition) is 4. The third-order valence-corrected chi connectivity index (χ3v) is 4.96. The van der Waals surface area contributed by atoms with Gasteiger partial charge < -0.3 is 4.90 Å². The van der Waals surface area contributed by atoms with Gasteiger partial charge in [-0.2, -0.15) is 18.3 Å². The van der Waals surface area contributed by atoms with Crippen molar-refractivity contribution in [3.05, 3.63) is 57.8 Å². The molecule has 2 aromatic rings. The van der Waals surface area contributed by atoms with Crippen LogP contribution in [-0.4, -0.2) is 38.2 Å². The van der Waals surface area contributed by atoms with Crippen LogP contribution in [0, 0.1) is 0 Å². The van der Waals surface area contributed by atoms with Gasteiger partial charge in [-0.05, 0) is 31.0 Å². The average molecular weight is 408 g/mol. The van der Waals surface area contributed by atoms with Gasteiger partial charge in [0.05, 0.1) is 23.8 Å². The highest BCUT2D eigenvalue weighted by Crippen LogP contribution is 2.28. The van der Waals surface area contributed by atoms with Gasteiger partial charge in [0.15, 0.2) is 0 Å². The number of likely N-dealkylation sites (tertiary alicyclic amines) is 1. The minimum absolute atomic E-state index is 0.0913. The molecule has 2 aromatic heterocycles.